The van der Waals surface area contributed by atoms with Crippen LogP contribution in [-0.4, -0.2) is 20.4 Å². The van der Waals surface area contributed by atoms with Crippen LogP contribution in [0.3, 0.4) is 0 Å². The van der Waals surface area contributed by atoms with E-state index in [2.05, 4.69) is 15.3 Å². The SMILES string of the molecule is O=C(Nc1ccc(Oc2ccnc(-n3ccnc3)c2)cc1)c1cccc(Oc2ccccc2)c1. The van der Waals surface area contributed by atoms with Gasteiger partial charge in [-0.3, -0.25) is 9.36 Å². The van der Waals surface area contributed by atoms with Gasteiger partial charge in [0, 0.05) is 35.9 Å². The number of carbonyl (C=O) groups is 1. The van der Waals surface area contributed by atoms with Crippen LogP contribution >= 0.6 is 0 Å². The van der Waals surface area contributed by atoms with Gasteiger partial charge in [0.2, 0.25) is 0 Å². The summed E-state index contributed by atoms with van der Waals surface area (Å²) in [6.07, 6.45) is 6.85. The van der Waals surface area contributed by atoms with Crippen LogP contribution in [0.5, 0.6) is 23.0 Å². The zero-order chi connectivity index (χ0) is 23.2. The molecule has 0 atom stereocenters. The Morgan fingerprint density at radius 1 is 0.735 bits per heavy atom. The molecule has 0 saturated heterocycles. The second kappa shape index (κ2) is 9.70. The van der Waals surface area contributed by atoms with E-state index in [0.29, 0.717) is 40.1 Å². The van der Waals surface area contributed by atoms with Crippen LogP contribution in [-0.2, 0) is 0 Å². The summed E-state index contributed by atoms with van der Waals surface area (Å²) in [5.74, 6) is 3.06. The van der Waals surface area contributed by atoms with E-state index in [-0.39, 0.29) is 5.91 Å². The molecule has 2 heterocycles. The molecule has 0 unspecified atom stereocenters. The normalized spacial score (nSPS) is 10.5. The summed E-state index contributed by atoms with van der Waals surface area (Å²) in [6, 6.07) is 27.2. The Morgan fingerprint density at radius 2 is 1.47 bits per heavy atom. The number of amides is 1. The molecule has 166 valence electrons. The molecule has 1 amide bonds. The third-order valence-electron chi connectivity index (χ3n) is 4.91. The molecule has 2 aromatic heterocycles. The molecule has 7 nitrogen and oxygen atoms in total. The molecular formula is C27H20N4O3. The van der Waals surface area contributed by atoms with E-state index in [1.807, 2.05) is 48.7 Å². The first-order valence-electron chi connectivity index (χ1n) is 10.6. The second-order valence-electron chi connectivity index (χ2n) is 7.34. The number of anilines is 1. The number of rotatable bonds is 7. The van der Waals surface area contributed by atoms with Gasteiger partial charge in [-0.15, -0.1) is 0 Å². The van der Waals surface area contributed by atoms with E-state index >= 15 is 0 Å². The summed E-state index contributed by atoms with van der Waals surface area (Å²) in [5, 5.41) is 2.90. The number of nitrogens with one attached hydrogen (secondary N) is 1. The third kappa shape index (κ3) is 5.11. The van der Waals surface area contributed by atoms with Crippen LogP contribution in [0.1, 0.15) is 10.4 Å². The molecule has 7 heteroatoms. The van der Waals surface area contributed by atoms with Gasteiger partial charge in [-0.25, -0.2) is 9.97 Å². The van der Waals surface area contributed by atoms with Gasteiger partial charge in [0.15, 0.2) is 0 Å². The molecule has 0 spiro atoms. The van der Waals surface area contributed by atoms with Crippen molar-refractivity contribution < 1.29 is 14.3 Å². The summed E-state index contributed by atoms with van der Waals surface area (Å²) in [5.41, 5.74) is 1.15. The van der Waals surface area contributed by atoms with Crippen LogP contribution in [0, 0.1) is 0 Å². The molecule has 0 radical (unpaired) electrons. The number of para-hydroxylation sites is 1. The maximum absolute atomic E-state index is 12.7. The molecule has 0 bridgehead atoms. The molecule has 5 rings (SSSR count). The van der Waals surface area contributed by atoms with Crippen molar-refractivity contribution in [3.63, 3.8) is 0 Å². The van der Waals surface area contributed by atoms with Crippen molar-refractivity contribution in [3.8, 4) is 28.8 Å². The lowest BCUT2D eigenvalue weighted by Crippen LogP contribution is -2.11. The maximum atomic E-state index is 12.7. The number of ether oxygens (including phenoxy) is 2. The Labute approximate surface area is 196 Å². The first-order chi connectivity index (χ1) is 16.7. The zero-order valence-corrected chi connectivity index (χ0v) is 18.0. The van der Waals surface area contributed by atoms with Crippen molar-refractivity contribution in [1.82, 2.24) is 14.5 Å². The fraction of sp³-hybridized carbons (Fsp3) is 0. The monoisotopic (exact) mass is 448 g/mol. The van der Waals surface area contributed by atoms with E-state index in [9.17, 15) is 4.79 Å². The number of hydrogen-bond acceptors (Lipinski definition) is 5. The van der Waals surface area contributed by atoms with Crippen molar-refractivity contribution in [1.29, 1.82) is 0 Å². The van der Waals surface area contributed by atoms with Gasteiger partial charge in [-0.2, -0.15) is 0 Å². The van der Waals surface area contributed by atoms with Crippen molar-refractivity contribution in [3.05, 3.63) is 121 Å². The highest BCUT2D eigenvalue weighted by atomic mass is 16.5. The number of pyridine rings is 1. The number of carbonyl (C=O) groups excluding carboxylic acids is 1. The Balaban J connectivity index is 1.23. The van der Waals surface area contributed by atoms with E-state index in [4.69, 9.17) is 9.47 Å². The third-order valence-corrected chi connectivity index (χ3v) is 4.91. The second-order valence-corrected chi connectivity index (χ2v) is 7.34. The van der Waals surface area contributed by atoms with Crippen molar-refractivity contribution in [2.75, 3.05) is 5.32 Å². The minimum absolute atomic E-state index is 0.230. The first-order valence-corrected chi connectivity index (χ1v) is 10.6. The number of benzene rings is 3. The minimum Gasteiger partial charge on any atom is -0.457 e. The number of imidazole rings is 1. The quantitative estimate of drug-likeness (QED) is 0.325. The molecule has 0 fully saturated rings. The van der Waals surface area contributed by atoms with Crippen molar-refractivity contribution in [2.45, 2.75) is 0 Å². The standard InChI is InChI=1S/C27H20N4O3/c32-27(20-5-4-8-24(17-20)33-22-6-2-1-3-7-22)30-21-9-11-23(12-10-21)34-25-13-14-29-26(18-25)31-16-15-28-19-31/h1-19H,(H,30,32). The highest BCUT2D eigenvalue weighted by molar-refractivity contribution is 6.04. The van der Waals surface area contributed by atoms with Crippen molar-refractivity contribution in [2.24, 2.45) is 0 Å². The fourth-order valence-electron chi connectivity index (χ4n) is 3.27. The largest absolute Gasteiger partial charge is 0.457 e. The molecule has 1 N–H and O–H groups in total. The number of hydrogen-bond donors (Lipinski definition) is 1. The molecule has 0 saturated carbocycles. The fourth-order valence-corrected chi connectivity index (χ4v) is 3.27. The van der Waals surface area contributed by atoms with Gasteiger partial charge in [0.1, 0.15) is 35.1 Å². The molecule has 5 aromatic rings. The Kier molecular flexibility index (Phi) is 5.98. The maximum Gasteiger partial charge on any atom is 0.255 e. The van der Waals surface area contributed by atoms with E-state index < -0.39 is 0 Å². The van der Waals surface area contributed by atoms with Gasteiger partial charge in [-0.05, 0) is 60.7 Å². The summed E-state index contributed by atoms with van der Waals surface area (Å²) in [7, 11) is 0. The predicted octanol–water partition coefficient (Wildman–Crippen LogP) is 6.10. The van der Waals surface area contributed by atoms with Gasteiger partial charge >= 0.3 is 0 Å². The lowest BCUT2D eigenvalue weighted by molar-refractivity contribution is 0.102. The molecular weight excluding hydrogens is 428 g/mol. The topological polar surface area (TPSA) is 78.3 Å². The first kappa shape index (κ1) is 21.0. The van der Waals surface area contributed by atoms with E-state index in [1.54, 1.807) is 71.8 Å². The highest BCUT2D eigenvalue weighted by Crippen LogP contribution is 2.25. The molecule has 0 aliphatic rings. The predicted molar refractivity (Wildman–Crippen MR) is 129 cm³/mol. The molecule has 3 aromatic carbocycles. The van der Waals surface area contributed by atoms with Crippen LogP contribution in [0.15, 0.2) is 116 Å². The number of nitrogens with zero attached hydrogens (tertiary/aromatic N) is 3. The van der Waals surface area contributed by atoms with Crippen LogP contribution in [0.25, 0.3) is 5.82 Å². The summed E-state index contributed by atoms with van der Waals surface area (Å²) in [6.45, 7) is 0. The van der Waals surface area contributed by atoms with E-state index in [0.717, 1.165) is 0 Å². The Bertz CT molecular complexity index is 1390. The molecule has 0 aliphatic carbocycles. The van der Waals surface area contributed by atoms with Gasteiger partial charge < -0.3 is 14.8 Å². The smallest absolute Gasteiger partial charge is 0.255 e. The highest BCUT2D eigenvalue weighted by Gasteiger charge is 2.09. The lowest BCUT2D eigenvalue weighted by Gasteiger charge is -2.10. The van der Waals surface area contributed by atoms with Gasteiger partial charge in [0.05, 0.1) is 0 Å². The van der Waals surface area contributed by atoms with Gasteiger partial charge in [-0.1, -0.05) is 24.3 Å². The summed E-state index contributed by atoms with van der Waals surface area (Å²) >= 11 is 0. The molecule has 34 heavy (non-hydrogen) atoms. The lowest BCUT2D eigenvalue weighted by atomic mass is 10.2. The van der Waals surface area contributed by atoms with Gasteiger partial charge in [0.25, 0.3) is 5.91 Å². The molecule has 0 aliphatic heterocycles. The summed E-state index contributed by atoms with van der Waals surface area (Å²) in [4.78, 5) is 21.1. The van der Waals surface area contributed by atoms with Crippen LogP contribution in [0.4, 0.5) is 5.69 Å². The average Bonchev–Trinajstić information content (AvgIpc) is 3.42. The zero-order valence-electron chi connectivity index (χ0n) is 18.0. The van der Waals surface area contributed by atoms with Crippen LogP contribution in [0.2, 0.25) is 0 Å². The Morgan fingerprint density at radius 3 is 2.24 bits per heavy atom. The Hall–Kier alpha value is -4.91. The van der Waals surface area contributed by atoms with Crippen LogP contribution < -0.4 is 14.8 Å². The van der Waals surface area contributed by atoms with E-state index in [1.165, 1.54) is 0 Å². The average molecular weight is 448 g/mol. The summed E-state index contributed by atoms with van der Waals surface area (Å²) < 4.78 is 13.5. The number of aromatic nitrogens is 3. The van der Waals surface area contributed by atoms with Crippen molar-refractivity contribution >= 4 is 11.6 Å². The minimum atomic E-state index is -0.230.